The van der Waals surface area contributed by atoms with Gasteiger partial charge in [-0.1, -0.05) is 29.8 Å². The molecule has 2 N–H and O–H groups in total. The van der Waals surface area contributed by atoms with Gasteiger partial charge in [0, 0.05) is 17.8 Å². The van der Waals surface area contributed by atoms with E-state index in [0.717, 1.165) is 5.56 Å². The van der Waals surface area contributed by atoms with Gasteiger partial charge in [-0.2, -0.15) is 5.10 Å². The van der Waals surface area contributed by atoms with E-state index < -0.39 is 12.0 Å². The van der Waals surface area contributed by atoms with E-state index in [1.54, 1.807) is 6.07 Å². The Bertz CT molecular complexity index is 669. The van der Waals surface area contributed by atoms with Crippen LogP contribution in [0.25, 0.3) is 0 Å². The zero-order valence-corrected chi connectivity index (χ0v) is 12.0. The molecular formula is C14H14ClN3O3. The SMILES string of the molecule is CC(C(=O)O)n1cc(C(=O)NCc2ccccc2Cl)cn1. The Morgan fingerprint density at radius 2 is 2.14 bits per heavy atom. The van der Waals surface area contributed by atoms with Crippen LogP contribution in [0.1, 0.15) is 28.9 Å². The van der Waals surface area contributed by atoms with Crippen LogP contribution in [0, 0.1) is 0 Å². The standard InChI is InChI=1S/C14H14ClN3O3/c1-9(14(20)21)18-8-11(7-17-18)13(19)16-6-10-4-2-3-5-12(10)15/h2-5,7-9H,6H2,1H3,(H,16,19)(H,20,21). The number of benzene rings is 1. The molecule has 1 aromatic carbocycles. The van der Waals surface area contributed by atoms with Gasteiger partial charge in [-0.25, -0.2) is 4.79 Å². The summed E-state index contributed by atoms with van der Waals surface area (Å²) in [5.74, 6) is -1.35. The zero-order valence-electron chi connectivity index (χ0n) is 11.3. The number of hydrogen-bond acceptors (Lipinski definition) is 3. The minimum Gasteiger partial charge on any atom is -0.480 e. The highest BCUT2D eigenvalue weighted by Gasteiger charge is 2.16. The fourth-order valence-corrected chi connectivity index (χ4v) is 1.90. The van der Waals surface area contributed by atoms with E-state index in [-0.39, 0.29) is 12.5 Å². The van der Waals surface area contributed by atoms with Crippen LogP contribution >= 0.6 is 11.6 Å². The predicted octanol–water partition coefficient (Wildman–Crippen LogP) is 2.11. The lowest BCUT2D eigenvalue weighted by molar-refractivity contribution is -0.140. The average Bonchev–Trinajstić information content (AvgIpc) is 2.95. The summed E-state index contributed by atoms with van der Waals surface area (Å²) < 4.78 is 1.23. The third-order valence-electron chi connectivity index (χ3n) is 3.02. The lowest BCUT2D eigenvalue weighted by atomic mass is 10.2. The van der Waals surface area contributed by atoms with Crippen molar-refractivity contribution in [1.82, 2.24) is 15.1 Å². The zero-order chi connectivity index (χ0) is 15.4. The summed E-state index contributed by atoms with van der Waals surface area (Å²) >= 11 is 6.00. The number of hydrogen-bond donors (Lipinski definition) is 2. The van der Waals surface area contributed by atoms with Gasteiger partial charge in [0.25, 0.3) is 5.91 Å². The molecule has 0 aliphatic carbocycles. The van der Waals surface area contributed by atoms with E-state index in [9.17, 15) is 9.59 Å². The van der Waals surface area contributed by atoms with Gasteiger partial charge in [0.2, 0.25) is 0 Å². The molecule has 1 aromatic heterocycles. The summed E-state index contributed by atoms with van der Waals surface area (Å²) in [5, 5.41) is 16.1. The first-order chi connectivity index (χ1) is 9.99. The number of halogens is 1. The van der Waals surface area contributed by atoms with Gasteiger partial charge in [0.15, 0.2) is 0 Å². The normalized spacial score (nSPS) is 11.9. The van der Waals surface area contributed by atoms with Crippen molar-refractivity contribution in [3.63, 3.8) is 0 Å². The van der Waals surface area contributed by atoms with Crippen LogP contribution in [0.2, 0.25) is 5.02 Å². The molecule has 2 rings (SSSR count). The van der Waals surface area contributed by atoms with Crippen LogP contribution in [0.3, 0.4) is 0 Å². The molecule has 7 heteroatoms. The molecule has 21 heavy (non-hydrogen) atoms. The van der Waals surface area contributed by atoms with E-state index in [1.165, 1.54) is 24.0 Å². The van der Waals surface area contributed by atoms with Crippen molar-refractivity contribution in [2.24, 2.45) is 0 Å². The van der Waals surface area contributed by atoms with Gasteiger partial charge in [0.1, 0.15) is 6.04 Å². The first-order valence-corrected chi connectivity index (χ1v) is 6.65. The molecule has 1 heterocycles. The molecule has 2 aromatic rings. The molecule has 0 aliphatic rings. The molecule has 1 atom stereocenters. The summed E-state index contributed by atoms with van der Waals surface area (Å²) in [6.07, 6.45) is 2.74. The van der Waals surface area contributed by atoms with E-state index in [4.69, 9.17) is 16.7 Å². The van der Waals surface area contributed by atoms with Crippen LogP contribution in [0.5, 0.6) is 0 Å². The number of carboxylic acid groups (broad SMARTS) is 1. The first-order valence-electron chi connectivity index (χ1n) is 6.27. The largest absolute Gasteiger partial charge is 0.480 e. The molecule has 0 saturated heterocycles. The summed E-state index contributed by atoms with van der Waals surface area (Å²) in [6.45, 7) is 1.78. The lowest BCUT2D eigenvalue weighted by Crippen LogP contribution is -2.22. The van der Waals surface area contributed by atoms with Crippen molar-refractivity contribution in [2.75, 3.05) is 0 Å². The third kappa shape index (κ3) is 3.61. The van der Waals surface area contributed by atoms with Crippen LogP contribution < -0.4 is 5.32 Å². The number of rotatable bonds is 5. The molecule has 6 nitrogen and oxygen atoms in total. The van der Waals surface area contributed by atoms with Crippen LogP contribution in [-0.2, 0) is 11.3 Å². The maximum atomic E-state index is 12.0. The maximum Gasteiger partial charge on any atom is 0.328 e. The minimum atomic E-state index is -1.01. The molecule has 0 fully saturated rings. The van der Waals surface area contributed by atoms with Crippen molar-refractivity contribution >= 4 is 23.5 Å². The number of amides is 1. The van der Waals surface area contributed by atoms with Crippen molar-refractivity contribution in [3.8, 4) is 0 Å². The second kappa shape index (κ2) is 6.41. The number of nitrogens with zero attached hydrogens (tertiary/aromatic N) is 2. The maximum absolute atomic E-state index is 12.0. The molecule has 0 radical (unpaired) electrons. The lowest BCUT2D eigenvalue weighted by Gasteiger charge is -2.06. The van der Waals surface area contributed by atoms with Gasteiger partial charge >= 0.3 is 5.97 Å². The summed E-state index contributed by atoms with van der Waals surface area (Å²) in [7, 11) is 0. The summed E-state index contributed by atoms with van der Waals surface area (Å²) in [5.41, 5.74) is 1.11. The highest BCUT2D eigenvalue weighted by Crippen LogP contribution is 2.14. The molecule has 0 saturated carbocycles. The Morgan fingerprint density at radius 3 is 2.81 bits per heavy atom. The molecule has 0 aliphatic heterocycles. The van der Waals surface area contributed by atoms with Gasteiger partial charge in [-0.15, -0.1) is 0 Å². The van der Waals surface area contributed by atoms with Gasteiger partial charge in [-0.3, -0.25) is 9.48 Å². The molecule has 0 bridgehead atoms. The molecule has 110 valence electrons. The van der Waals surface area contributed by atoms with Crippen molar-refractivity contribution in [3.05, 3.63) is 52.8 Å². The fourth-order valence-electron chi connectivity index (χ4n) is 1.70. The predicted molar refractivity (Wildman–Crippen MR) is 77.2 cm³/mol. The van der Waals surface area contributed by atoms with E-state index in [2.05, 4.69) is 10.4 Å². The van der Waals surface area contributed by atoms with Gasteiger partial charge in [0.05, 0.1) is 11.8 Å². The second-order valence-corrected chi connectivity index (χ2v) is 4.90. The Hall–Kier alpha value is -2.34. The number of nitrogens with one attached hydrogen (secondary N) is 1. The fraction of sp³-hybridized carbons (Fsp3) is 0.214. The highest BCUT2D eigenvalue weighted by atomic mass is 35.5. The second-order valence-electron chi connectivity index (χ2n) is 4.50. The summed E-state index contributed by atoms with van der Waals surface area (Å²) in [6, 6.07) is 6.38. The number of aliphatic carboxylic acids is 1. The Balaban J connectivity index is 2.01. The minimum absolute atomic E-state index is 0.290. The Morgan fingerprint density at radius 1 is 1.43 bits per heavy atom. The Labute approximate surface area is 126 Å². The molecule has 1 unspecified atom stereocenters. The molecular weight excluding hydrogens is 294 g/mol. The average molecular weight is 308 g/mol. The topological polar surface area (TPSA) is 84.2 Å². The third-order valence-corrected chi connectivity index (χ3v) is 3.38. The number of carbonyl (C=O) groups excluding carboxylic acids is 1. The van der Waals surface area contributed by atoms with Crippen LogP contribution in [0.4, 0.5) is 0 Å². The van der Waals surface area contributed by atoms with E-state index in [1.807, 2.05) is 18.2 Å². The molecule has 0 spiro atoms. The van der Waals surface area contributed by atoms with Crippen molar-refractivity contribution in [2.45, 2.75) is 19.5 Å². The number of aromatic nitrogens is 2. The number of carbonyl (C=O) groups is 2. The van der Waals surface area contributed by atoms with E-state index >= 15 is 0 Å². The quantitative estimate of drug-likeness (QED) is 0.886. The summed E-state index contributed by atoms with van der Waals surface area (Å²) in [4.78, 5) is 22.8. The monoisotopic (exact) mass is 307 g/mol. The Kier molecular flexibility index (Phi) is 4.59. The first kappa shape index (κ1) is 15.1. The highest BCUT2D eigenvalue weighted by molar-refractivity contribution is 6.31. The van der Waals surface area contributed by atoms with E-state index in [0.29, 0.717) is 10.6 Å². The van der Waals surface area contributed by atoms with Crippen LogP contribution in [0.15, 0.2) is 36.7 Å². The van der Waals surface area contributed by atoms with Crippen molar-refractivity contribution < 1.29 is 14.7 Å². The molecule has 1 amide bonds. The van der Waals surface area contributed by atoms with Crippen molar-refractivity contribution in [1.29, 1.82) is 0 Å². The van der Waals surface area contributed by atoms with Gasteiger partial charge in [-0.05, 0) is 18.6 Å². The van der Waals surface area contributed by atoms with Crippen LogP contribution in [-0.4, -0.2) is 26.8 Å². The number of carboxylic acids is 1. The smallest absolute Gasteiger partial charge is 0.328 e. The van der Waals surface area contributed by atoms with Gasteiger partial charge < -0.3 is 10.4 Å².